The number of benzene rings is 1. The van der Waals surface area contributed by atoms with Crippen LogP contribution in [0.4, 0.5) is 5.69 Å². The molecular formula is C28H36N6O. The van der Waals surface area contributed by atoms with E-state index in [9.17, 15) is 10.4 Å². The Kier molecular flexibility index (Phi) is 8.64. The Hall–Kier alpha value is -3.05. The number of nitrogens with zero attached hydrogens (tertiary/aromatic N) is 4. The molecule has 0 radical (unpaired) electrons. The van der Waals surface area contributed by atoms with Gasteiger partial charge in [0.1, 0.15) is 6.07 Å². The van der Waals surface area contributed by atoms with Crippen LogP contribution in [0.2, 0.25) is 0 Å². The van der Waals surface area contributed by atoms with E-state index in [1.165, 1.54) is 11.3 Å². The normalized spacial score (nSPS) is 14.9. The van der Waals surface area contributed by atoms with E-state index >= 15 is 0 Å². The highest BCUT2D eigenvalue weighted by Gasteiger charge is 2.18. The van der Waals surface area contributed by atoms with E-state index in [4.69, 9.17) is 4.98 Å². The lowest BCUT2D eigenvalue weighted by molar-refractivity contribution is 0.143. The molecule has 0 bridgehead atoms. The Morgan fingerprint density at radius 2 is 2.14 bits per heavy atom. The first-order valence-corrected chi connectivity index (χ1v) is 12.7. The van der Waals surface area contributed by atoms with E-state index in [-0.39, 0.29) is 12.0 Å². The highest BCUT2D eigenvalue weighted by Crippen LogP contribution is 2.25. The number of rotatable bonds is 11. The predicted molar refractivity (Wildman–Crippen MR) is 140 cm³/mol. The van der Waals surface area contributed by atoms with Crippen LogP contribution < -0.4 is 10.6 Å². The summed E-state index contributed by atoms with van der Waals surface area (Å²) in [4.78, 5) is 11.8. The summed E-state index contributed by atoms with van der Waals surface area (Å²) in [7, 11) is 0. The summed E-state index contributed by atoms with van der Waals surface area (Å²) in [6.45, 7) is 9.51. The minimum absolute atomic E-state index is 0.278. The summed E-state index contributed by atoms with van der Waals surface area (Å²) >= 11 is 0. The number of nitrogens with one attached hydrogen (secondary N) is 2. The minimum Gasteiger partial charge on any atom is -0.393 e. The predicted octanol–water partition coefficient (Wildman–Crippen LogP) is 3.51. The van der Waals surface area contributed by atoms with Gasteiger partial charge in [0.15, 0.2) is 0 Å². The van der Waals surface area contributed by atoms with Gasteiger partial charge in [0.2, 0.25) is 0 Å². The summed E-state index contributed by atoms with van der Waals surface area (Å²) in [5.41, 5.74) is 5.99. The molecule has 0 saturated carbocycles. The van der Waals surface area contributed by atoms with Crippen LogP contribution >= 0.6 is 0 Å². The van der Waals surface area contributed by atoms with Gasteiger partial charge in [-0.3, -0.25) is 9.97 Å². The molecule has 2 aromatic heterocycles. The zero-order valence-electron chi connectivity index (χ0n) is 20.8. The van der Waals surface area contributed by atoms with Crippen LogP contribution in [0.3, 0.4) is 0 Å². The van der Waals surface area contributed by atoms with E-state index in [1.54, 1.807) is 6.20 Å². The van der Waals surface area contributed by atoms with Crippen LogP contribution in [-0.2, 0) is 19.4 Å². The molecule has 3 aromatic rings. The van der Waals surface area contributed by atoms with Gasteiger partial charge in [-0.15, -0.1) is 0 Å². The van der Waals surface area contributed by atoms with Gasteiger partial charge in [-0.2, -0.15) is 5.26 Å². The molecule has 184 valence electrons. The van der Waals surface area contributed by atoms with E-state index in [1.807, 2.05) is 31.2 Å². The first-order chi connectivity index (χ1) is 17.1. The number of likely N-dealkylation sites (N-methyl/N-ethyl adjacent to an activating group) is 1. The zero-order valence-corrected chi connectivity index (χ0v) is 20.8. The molecule has 7 nitrogen and oxygen atoms in total. The molecule has 0 fully saturated rings. The molecule has 3 N–H and O–H groups in total. The van der Waals surface area contributed by atoms with Crippen LogP contribution in [0.1, 0.15) is 42.8 Å². The van der Waals surface area contributed by atoms with Crippen molar-refractivity contribution in [3.8, 4) is 6.07 Å². The molecule has 35 heavy (non-hydrogen) atoms. The fraction of sp³-hybridized carbons (Fsp3) is 0.464. The summed E-state index contributed by atoms with van der Waals surface area (Å²) in [5.74, 6) is 0.278. The summed E-state index contributed by atoms with van der Waals surface area (Å²) in [6, 6.07) is 14.3. The van der Waals surface area contributed by atoms with E-state index in [0.717, 1.165) is 80.8 Å². The summed E-state index contributed by atoms with van der Waals surface area (Å²) in [6.07, 6.45) is 4.00. The Labute approximate surface area is 208 Å². The van der Waals surface area contributed by atoms with Gasteiger partial charge in [-0.05, 0) is 61.7 Å². The van der Waals surface area contributed by atoms with Crippen molar-refractivity contribution in [3.05, 3.63) is 65.1 Å². The van der Waals surface area contributed by atoms with Crippen molar-refractivity contribution in [2.24, 2.45) is 5.92 Å². The number of anilines is 1. The second-order valence-corrected chi connectivity index (χ2v) is 9.48. The first kappa shape index (κ1) is 25.1. The highest BCUT2D eigenvalue weighted by atomic mass is 16.3. The van der Waals surface area contributed by atoms with Crippen LogP contribution in [0.15, 0.2) is 42.6 Å². The number of hydrogen-bond acceptors (Lipinski definition) is 7. The lowest BCUT2D eigenvalue weighted by Gasteiger charge is -2.28. The summed E-state index contributed by atoms with van der Waals surface area (Å²) in [5, 5.41) is 27.5. The molecule has 0 spiro atoms. The molecular weight excluding hydrogens is 436 g/mol. The van der Waals surface area contributed by atoms with Crippen molar-refractivity contribution in [1.29, 1.82) is 5.26 Å². The largest absolute Gasteiger partial charge is 0.393 e. The van der Waals surface area contributed by atoms with Crippen molar-refractivity contribution >= 4 is 16.6 Å². The zero-order chi connectivity index (χ0) is 24.6. The topological polar surface area (TPSA) is 97.1 Å². The molecule has 3 heterocycles. The second kappa shape index (κ2) is 12.1. The monoisotopic (exact) mass is 472 g/mol. The van der Waals surface area contributed by atoms with E-state index in [2.05, 4.69) is 45.6 Å². The van der Waals surface area contributed by atoms with Crippen molar-refractivity contribution < 1.29 is 5.11 Å². The molecule has 0 saturated heterocycles. The maximum absolute atomic E-state index is 10.2. The van der Waals surface area contributed by atoms with Gasteiger partial charge in [0.25, 0.3) is 0 Å². The van der Waals surface area contributed by atoms with Gasteiger partial charge in [-0.1, -0.05) is 13.0 Å². The minimum atomic E-state index is -0.365. The number of nitriles is 1. The van der Waals surface area contributed by atoms with Crippen LogP contribution in [0.5, 0.6) is 0 Å². The SMILES string of the molecule is CCN(CCc1ccc2c(n1)CCNC2)CC(CNc1ccc(C#N)c2ncccc12)CC(C)O. The van der Waals surface area contributed by atoms with Crippen LogP contribution in [0.25, 0.3) is 10.9 Å². The van der Waals surface area contributed by atoms with Crippen molar-refractivity contribution in [1.82, 2.24) is 20.2 Å². The molecule has 4 rings (SSSR count). The fourth-order valence-corrected chi connectivity index (χ4v) is 4.91. The maximum atomic E-state index is 10.2. The first-order valence-electron chi connectivity index (χ1n) is 12.7. The fourth-order valence-electron chi connectivity index (χ4n) is 4.91. The Balaban J connectivity index is 1.40. The second-order valence-electron chi connectivity index (χ2n) is 9.48. The molecule has 7 heteroatoms. The lowest BCUT2D eigenvalue weighted by atomic mass is 10.00. The third-order valence-corrected chi connectivity index (χ3v) is 6.77. The van der Waals surface area contributed by atoms with Crippen molar-refractivity contribution in [2.45, 2.75) is 45.8 Å². The van der Waals surface area contributed by atoms with Crippen LogP contribution in [-0.4, -0.2) is 58.8 Å². The van der Waals surface area contributed by atoms with Crippen LogP contribution in [0, 0.1) is 17.2 Å². The molecule has 0 amide bonds. The van der Waals surface area contributed by atoms with Gasteiger partial charge in [0, 0.05) is 74.2 Å². The highest BCUT2D eigenvalue weighted by molar-refractivity contribution is 5.94. The average molecular weight is 473 g/mol. The number of aromatic nitrogens is 2. The van der Waals surface area contributed by atoms with Gasteiger partial charge in [-0.25, -0.2) is 0 Å². The van der Waals surface area contributed by atoms with Crippen molar-refractivity contribution in [3.63, 3.8) is 0 Å². The third-order valence-electron chi connectivity index (χ3n) is 6.77. The smallest absolute Gasteiger partial charge is 0.101 e. The summed E-state index contributed by atoms with van der Waals surface area (Å²) < 4.78 is 0. The molecule has 0 aliphatic carbocycles. The Morgan fingerprint density at radius 3 is 2.94 bits per heavy atom. The molecule has 2 atom stereocenters. The number of aliphatic hydroxyl groups is 1. The standard InChI is InChI=1S/C28H36N6O/c1-3-34(14-11-24-8-6-23-18-30-13-10-26(23)33-24)19-21(15-20(2)35)17-32-27-9-7-22(16-29)28-25(27)5-4-12-31-28/h4-9,12,20-21,30,32,35H,3,10-11,13-15,17-19H2,1-2H3. The molecule has 1 aromatic carbocycles. The number of fused-ring (bicyclic) bond motifs is 2. The van der Waals surface area contributed by atoms with E-state index < -0.39 is 0 Å². The average Bonchev–Trinajstić information content (AvgIpc) is 2.88. The molecule has 1 aliphatic heterocycles. The number of pyridine rings is 2. The Bertz CT molecular complexity index is 1170. The molecule has 1 aliphatic rings. The third kappa shape index (κ3) is 6.55. The van der Waals surface area contributed by atoms with E-state index in [0.29, 0.717) is 5.56 Å². The molecule has 2 unspecified atom stereocenters. The number of aliphatic hydroxyl groups excluding tert-OH is 1. The van der Waals surface area contributed by atoms with Crippen molar-refractivity contribution in [2.75, 3.05) is 38.0 Å². The number of hydrogen-bond donors (Lipinski definition) is 3. The Morgan fingerprint density at radius 1 is 1.26 bits per heavy atom. The van der Waals surface area contributed by atoms with Gasteiger partial charge >= 0.3 is 0 Å². The maximum Gasteiger partial charge on any atom is 0.101 e. The lowest BCUT2D eigenvalue weighted by Crippen LogP contribution is -2.35. The van der Waals surface area contributed by atoms with Gasteiger partial charge < -0.3 is 20.6 Å². The quantitative estimate of drug-likeness (QED) is 0.393. The van der Waals surface area contributed by atoms with Gasteiger partial charge in [0.05, 0.1) is 17.2 Å².